The first kappa shape index (κ1) is 9.25. The Balaban J connectivity index is 2.61. The largest absolute Gasteiger partial charge is 0.387 e. The maximum atomic E-state index is 11.0. The number of aliphatic imine (C=N–C) groups is 1. The number of amides is 2. The van der Waals surface area contributed by atoms with Crippen LogP contribution in [0.15, 0.2) is 35.3 Å². The molecule has 0 unspecified atom stereocenters. The van der Waals surface area contributed by atoms with Crippen LogP contribution in [0.25, 0.3) is 0 Å². The van der Waals surface area contributed by atoms with Gasteiger partial charge in [-0.25, -0.2) is 4.79 Å². The zero-order chi connectivity index (χ0) is 9.68. The molecule has 2 amide bonds. The summed E-state index contributed by atoms with van der Waals surface area (Å²) in [5.74, 6) is 0.244. The van der Waals surface area contributed by atoms with Crippen LogP contribution in [0, 0.1) is 0 Å². The molecule has 0 fully saturated rings. The summed E-state index contributed by atoms with van der Waals surface area (Å²) < 4.78 is 0. The monoisotopic (exact) mass is 177 g/mol. The Morgan fingerprint density at radius 1 is 1.38 bits per heavy atom. The van der Waals surface area contributed by atoms with E-state index in [4.69, 9.17) is 5.73 Å². The lowest BCUT2D eigenvalue weighted by Gasteiger charge is -1.99. The molecular weight excluding hydrogens is 166 g/mol. The van der Waals surface area contributed by atoms with E-state index in [2.05, 4.69) is 10.3 Å². The van der Waals surface area contributed by atoms with Crippen LogP contribution < -0.4 is 11.1 Å². The van der Waals surface area contributed by atoms with Crippen molar-refractivity contribution in [3.63, 3.8) is 0 Å². The molecule has 68 valence electrons. The van der Waals surface area contributed by atoms with E-state index >= 15 is 0 Å². The van der Waals surface area contributed by atoms with E-state index in [-0.39, 0.29) is 5.84 Å². The summed E-state index contributed by atoms with van der Waals surface area (Å²) in [5, 5.41) is 2.57. The van der Waals surface area contributed by atoms with Gasteiger partial charge in [-0.1, -0.05) is 18.2 Å². The number of anilines is 1. The number of nitrogens with zero attached hydrogens (tertiary/aromatic N) is 1. The van der Waals surface area contributed by atoms with Crippen molar-refractivity contribution in [2.45, 2.75) is 6.92 Å². The average Bonchev–Trinajstić information content (AvgIpc) is 2.04. The van der Waals surface area contributed by atoms with Crippen molar-refractivity contribution in [3.05, 3.63) is 30.3 Å². The highest BCUT2D eigenvalue weighted by Crippen LogP contribution is 2.04. The normalized spacial score (nSPS) is 11.0. The summed E-state index contributed by atoms with van der Waals surface area (Å²) in [7, 11) is 0. The molecule has 0 saturated heterocycles. The lowest BCUT2D eigenvalue weighted by atomic mass is 10.3. The second-order valence-corrected chi connectivity index (χ2v) is 2.55. The topological polar surface area (TPSA) is 67.5 Å². The van der Waals surface area contributed by atoms with Crippen molar-refractivity contribution in [3.8, 4) is 0 Å². The molecular formula is C9H11N3O. The van der Waals surface area contributed by atoms with Crippen molar-refractivity contribution in [2.24, 2.45) is 10.7 Å². The van der Waals surface area contributed by atoms with Crippen LogP contribution in [0.1, 0.15) is 6.92 Å². The molecule has 0 bridgehead atoms. The fourth-order valence-electron chi connectivity index (χ4n) is 0.833. The fourth-order valence-corrected chi connectivity index (χ4v) is 0.833. The number of carbonyl (C=O) groups is 1. The summed E-state index contributed by atoms with van der Waals surface area (Å²) in [6, 6.07) is 8.63. The Kier molecular flexibility index (Phi) is 3.03. The summed E-state index contributed by atoms with van der Waals surface area (Å²) in [5.41, 5.74) is 5.94. The highest BCUT2D eigenvalue weighted by Gasteiger charge is 1.97. The first-order valence-electron chi connectivity index (χ1n) is 3.85. The zero-order valence-electron chi connectivity index (χ0n) is 7.32. The van der Waals surface area contributed by atoms with Crippen molar-refractivity contribution in [1.29, 1.82) is 0 Å². The number of hydrogen-bond donors (Lipinski definition) is 2. The zero-order valence-corrected chi connectivity index (χ0v) is 7.32. The highest BCUT2D eigenvalue weighted by molar-refractivity contribution is 5.98. The van der Waals surface area contributed by atoms with Gasteiger partial charge in [-0.15, -0.1) is 0 Å². The van der Waals surface area contributed by atoms with Gasteiger partial charge in [-0.3, -0.25) is 0 Å². The van der Waals surface area contributed by atoms with Gasteiger partial charge in [0.15, 0.2) is 0 Å². The maximum Gasteiger partial charge on any atom is 0.347 e. The van der Waals surface area contributed by atoms with Crippen molar-refractivity contribution in [2.75, 3.05) is 5.32 Å². The number of benzene rings is 1. The number of urea groups is 1. The number of hydrogen-bond acceptors (Lipinski definition) is 1. The SMILES string of the molecule is CC(N)=NC(=O)Nc1ccccc1. The maximum absolute atomic E-state index is 11.0. The van der Waals surface area contributed by atoms with Crippen molar-refractivity contribution >= 4 is 17.6 Å². The summed E-state index contributed by atoms with van der Waals surface area (Å²) >= 11 is 0. The van der Waals surface area contributed by atoms with Crippen LogP contribution in [0.4, 0.5) is 10.5 Å². The van der Waals surface area contributed by atoms with Gasteiger partial charge in [0.1, 0.15) is 5.84 Å². The number of rotatable bonds is 1. The summed E-state index contributed by atoms with van der Waals surface area (Å²) in [4.78, 5) is 14.6. The number of para-hydroxylation sites is 1. The number of carbonyl (C=O) groups excluding carboxylic acids is 1. The van der Waals surface area contributed by atoms with Gasteiger partial charge in [0.25, 0.3) is 0 Å². The predicted molar refractivity (Wildman–Crippen MR) is 52.8 cm³/mol. The van der Waals surface area contributed by atoms with Crippen LogP contribution in [0.5, 0.6) is 0 Å². The molecule has 0 atom stereocenters. The molecule has 4 heteroatoms. The van der Waals surface area contributed by atoms with E-state index in [9.17, 15) is 4.79 Å². The number of nitrogens with one attached hydrogen (secondary N) is 1. The highest BCUT2D eigenvalue weighted by atomic mass is 16.2. The molecule has 1 aromatic carbocycles. The lowest BCUT2D eigenvalue weighted by molar-refractivity contribution is 0.259. The van der Waals surface area contributed by atoms with E-state index in [1.54, 1.807) is 19.1 Å². The van der Waals surface area contributed by atoms with Crippen molar-refractivity contribution < 1.29 is 4.79 Å². The standard InChI is InChI=1S/C9H11N3O/c1-7(10)11-9(13)12-8-5-3-2-4-6-8/h2-6H,1H3,(H3,10,11,12,13). The van der Waals surface area contributed by atoms with Gasteiger partial charge < -0.3 is 11.1 Å². The first-order chi connectivity index (χ1) is 6.18. The lowest BCUT2D eigenvalue weighted by Crippen LogP contribution is -2.13. The van der Waals surface area contributed by atoms with E-state index in [1.165, 1.54) is 0 Å². The van der Waals surface area contributed by atoms with Gasteiger partial charge in [-0.05, 0) is 19.1 Å². The molecule has 0 saturated carbocycles. The van der Waals surface area contributed by atoms with Crippen LogP contribution in [0.2, 0.25) is 0 Å². The smallest absolute Gasteiger partial charge is 0.347 e. The first-order valence-corrected chi connectivity index (χ1v) is 3.85. The van der Waals surface area contributed by atoms with E-state index in [0.717, 1.165) is 0 Å². The molecule has 1 aromatic rings. The van der Waals surface area contributed by atoms with Crippen molar-refractivity contribution in [1.82, 2.24) is 0 Å². The van der Waals surface area contributed by atoms with Crippen LogP contribution >= 0.6 is 0 Å². The van der Waals surface area contributed by atoms with Gasteiger partial charge in [0.05, 0.1) is 0 Å². The fraction of sp³-hybridized carbons (Fsp3) is 0.111. The Labute approximate surface area is 76.5 Å². The molecule has 0 aliphatic heterocycles. The van der Waals surface area contributed by atoms with Gasteiger partial charge in [0.2, 0.25) is 0 Å². The van der Waals surface area contributed by atoms with E-state index in [1.807, 2.05) is 18.2 Å². The van der Waals surface area contributed by atoms with Crippen LogP contribution in [0.3, 0.4) is 0 Å². The molecule has 13 heavy (non-hydrogen) atoms. The number of amidine groups is 1. The number of nitrogens with two attached hydrogens (primary N) is 1. The molecule has 4 nitrogen and oxygen atoms in total. The molecule has 0 aliphatic carbocycles. The van der Waals surface area contributed by atoms with Crippen LogP contribution in [-0.2, 0) is 0 Å². The molecule has 1 rings (SSSR count). The minimum absolute atomic E-state index is 0.244. The molecule has 0 aromatic heterocycles. The second kappa shape index (κ2) is 4.25. The molecule has 0 heterocycles. The third kappa shape index (κ3) is 3.37. The predicted octanol–water partition coefficient (Wildman–Crippen LogP) is 1.60. The molecule has 0 aliphatic rings. The quantitative estimate of drug-likeness (QED) is 0.505. The van der Waals surface area contributed by atoms with Crippen LogP contribution in [-0.4, -0.2) is 11.9 Å². The third-order valence-electron chi connectivity index (χ3n) is 1.30. The molecule has 3 N–H and O–H groups in total. The second-order valence-electron chi connectivity index (χ2n) is 2.55. The molecule has 0 spiro atoms. The Hall–Kier alpha value is -1.84. The van der Waals surface area contributed by atoms with Gasteiger partial charge in [-0.2, -0.15) is 4.99 Å². The molecule has 0 radical (unpaired) electrons. The Bertz CT molecular complexity index is 315. The minimum atomic E-state index is -0.453. The van der Waals surface area contributed by atoms with Gasteiger partial charge in [0, 0.05) is 5.69 Å². The van der Waals surface area contributed by atoms with E-state index in [0.29, 0.717) is 5.69 Å². The Morgan fingerprint density at radius 2 is 2.00 bits per heavy atom. The van der Waals surface area contributed by atoms with Gasteiger partial charge >= 0.3 is 6.03 Å². The summed E-state index contributed by atoms with van der Waals surface area (Å²) in [6.07, 6.45) is 0. The average molecular weight is 177 g/mol. The Morgan fingerprint density at radius 3 is 2.54 bits per heavy atom. The minimum Gasteiger partial charge on any atom is -0.387 e. The van der Waals surface area contributed by atoms with E-state index < -0.39 is 6.03 Å². The summed E-state index contributed by atoms with van der Waals surface area (Å²) in [6.45, 7) is 1.56. The third-order valence-corrected chi connectivity index (χ3v) is 1.30.